The molecule has 0 aliphatic carbocycles. The number of hydrogen-bond acceptors (Lipinski definition) is 0. The summed E-state index contributed by atoms with van der Waals surface area (Å²) in [5.41, 5.74) is 0. The molecule has 0 radical (unpaired) electrons. The maximum absolute atomic E-state index is 2.53. The smallest absolute Gasteiger partial charge is 0.234 e. The van der Waals surface area contributed by atoms with Crippen molar-refractivity contribution in [2.24, 2.45) is 0 Å². The summed E-state index contributed by atoms with van der Waals surface area (Å²) in [4.78, 5) is 0. The first kappa shape index (κ1) is 20.3. The zero-order chi connectivity index (χ0) is 17.1. The highest BCUT2D eigenvalue weighted by Crippen LogP contribution is 2.21. The summed E-state index contributed by atoms with van der Waals surface area (Å²) in [6.45, 7) is 12.7. The highest BCUT2D eigenvalue weighted by molar-refractivity contribution is 4.92. The summed E-state index contributed by atoms with van der Waals surface area (Å²) in [6.07, 6.45) is 18.4. The number of imidazole rings is 1. The molecular weight excluding hydrogens is 280 g/mol. The summed E-state index contributed by atoms with van der Waals surface area (Å²) in [6, 6.07) is 0.630. The highest BCUT2D eigenvalue weighted by Gasteiger charge is 2.23. The first-order valence-corrected chi connectivity index (χ1v) is 10.2. The summed E-state index contributed by atoms with van der Waals surface area (Å²) < 4.78 is 4.98. The van der Waals surface area contributed by atoms with E-state index in [1.54, 1.807) is 0 Å². The lowest BCUT2D eigenvalue weighted by Crippen LogP contribution is -2.38. The quantitative estimate of drug-likeness (QED) is 0.293. The predicted octanol–water partition coefficient (Wildman–Crippen LogP) is 6.40. The van der Waals surface area contributed by atoms with Crippen LogP contribution in [0.4, 0.5) is 0 Å². The van der Waals surface area contributed by atoms with Crippen LogP contribution in [0.3, 0.4) is 0 Å². The standard InChI is InChI=1S/C21H41N2/c1-6-8-9-10-11-12-13-14-15-20(5)23-18-17-22(16-7-2)21(23)19(3)4/h17-20H,6-16H2,1-5H3/q+1. The molecule has 0 aliphatic rings. The zero-order valence-electron chi connectivity index (χ0n) is 16.5. The van der Waals surface area contributed by atoms with Crippen LogP contribution in [0, 0.1) is 0 Å². The molecule has 134 valence electrons. The van der Waals surface area contributed by atoms with Crippen molar-refractivity contribution < 1.29 is 4.57 Å². The van der Waals surface area contributed by atoms with Crippen molar-refractivity contribution in [2.45, 2.75) is 117 Å². The SMILES string of the molecule is CCCCCCCCCCC(C)n1cc[n+](CCC)c1C(C)C. The van der Waals surface area contributed by atoms with E-state index in [1.165, 1.54) is 70.0 Å². The van der Waals surface area contributed by atoms with Crippen LogP contribution in [-0.4, -0.2) is 4.57 Å². The normalized spacial score (nSPS) is 13.0. The Bertz CT molecular complexity index is 406. The average Bonchev–Trinajstić information content (AvgIpc) is 2.94. The number of aryl methyl sites for hydroxylation is 1. The van der Waals surface area contributed by atoms with Crippen molar-refractivity contribution in [1.82, 2.24) is 4.57 Å². The van der Waals surface area contributed by atoms with Gasteiger partial charge in [-0.2, -0.15) is 0 Å². The van der Waals surface area contributed by atoms with Crippen molar-refractivity contribution in [1.29, 1.82) is 0 Å². The minimum absolute atomic E-state index is 0.595. The average molecular weight is 322 g/mol. The summed E-state index contributed by atoms with van der Waals surface area (Å²) in [7, 11) is 0. The largest absolute Gasteiger partial charge is 0.259 e. The van der Waals surface area contributed by atoms with Gasteiger partial charge in [0.25, 0.3) is 5.82 Å². The maximum Gasteiger partial charge on any atom is 0.259 e. The fraction of sp³-hybridized carbons (Fsp3) is 0.857. The van der Waals surface area contributed by atoms with Crippen molar-refractivity contribution in [2.75, 3.05) is 0 Å². The number of nitrogens with zero attached hydrogens (tertiary/aromatic N) is 2. The fourth-order valence-electron chi connectivity index (χ4n) is 3.60. The molecule has 1 aromatic rings. The lowest BCUT2D eigenvalue weighted by atomic mass is 10.0. The minimum atomic E-state index is 0.595. The van der Waals surface area contributed by atoms with Gasteiger partial charge in [0.2, 0.25) is 0 Å². The Morgan fingerprint density at radius 2 is 1.48 bits per heavy atom. The maximum atomic E-state index is 2.53. The second-order valence-electron chi connectivity index (χ2n) is 7.52. The Labute approximate surface area is 145 Å². The fourth-order valence-corrected chi connectivity index (χ4v) is 3.60. The Hall–Kier alpha value is -0.790. The molecule has 0 spiro atoms. The van der Waals surface area contributed by atoms with Crippen molar-refractivity contribution in [3.05, 3.63) is 18.2 Å². The van der Waals surface area contributed by atoms with E-state index in [4.69, 9.17) is 0 Å². The first-order chi connectivity index (χ1) is 11.1. The third-order valence-electron chi connectivity index (χ3n) is 4.90. The lowest BCUT2D eigenvalue weighted by molar-refractivity contribution is -0.705. The predicted molar refractivity (Wildman–Crippen MR) is 101 cm³/mol. The van der Waals surface area contributed by atoms with Crippen LogP contribution >= 0.6 is 0 Å². The van der Waals surface area contributed by atoms with Gasteiger partial charge in [0.15, 0.2) is 0 Å². The Morgan fingerprint density at radius 3 is 2.04 bits per heavy atom. The van der Waals surface area contributed by atoms with Gasteiger partial charge in [-0.15, -0.1) is 0 Å². The van der Waals surface area contributed by atoms with Crippen molar-refractivity contribution >= 4 is 0 Å². The van der Waals surface area contributed by atoms with Crippen LogP contribution in [0.5, 0.6) is 0 Å². The molecule has 1 atom stereocenters. The number of rotatable bonds is 13. The molecule has 0 N–H and O–H groups in total. The minimum Gasteiger partial charge on any atom is -0.234 e. The van der Waals surface area contributed by atoms with Crippen molar-refractivity contribution in [3.63, 3.8) is 0 Å². The van der Waals surface area contributed by atoms with E-state index >= 15 is 0 Å². The Balaban J connectivity index is 2.36. The molecule has 1 heterocycles. The molecule has 1 unspecified atom stereocenters. The van der Waals surface area contributed by atoms with Crippen LogP contribution < -0.4 is 4.57 Å². The number of unbranched alkanes of at least 4 members (excludes halogenated alkanes) is 7. The van der Waals surface area contributed by atoms with Crippen LogP contribution in [0.15, 0.2) is 12.4 Å². The molecule has 0 saturated carbocycles. The Morgan fingerprint density at radius 1 is 0.870 bits per heavy atom. The molecule has 0 aliphatic heterocycles. The van der Waals surface area contributed by atoms with Gasteiger partial charge in [0, 0.05) is 0 Å². The summed E-state index contributed by atoms with van der Waals surface area (Å²) in [5.74, 6) is 2.09. The Kier molecular flexibility index (Phi) is 10.3. The van der Waals surface area contributed by atoms with E-state index in [0.717, 1.165) is 6.54 Å². The van der Waals surface area contributed by atoms with Crippen LogP contribution in [0.2, 0.25) is 0 Å². The molecule has 0 bridgehead atoms. The van der Waals surface area contributed by atoms with Gasteiger partial charge >= 0.3 is 0 Å². The third-order valence-corrected chi connectivity index (χ3v) is 4.90. The lowest BCUT2D eigenvalue weighted by Gasteiger charge is -2.13. The summed E-state index contributed by atoms with van der Waals surface area (Å²) >= 11 is 0. The number of aromatic nitrogens is 2. The molecule has 0 aromatic carbocycles. The van der Waals surface area contributed by atoms with Gasteiger partial charge in [0.05, 0.1) is 18.5 Å². The van der Waals surface area contributed by atoms with E-state index < -0.39 is 0 Å². The van der Waals surface area contributed by atoms with Gasteiger partial charge in [-0.25, -0.2) is 9.13 Å². The highest BCUT2D eigenvalue weighted by atomic mass is 15.2. The van der Waals surface area contributed by atoms with E-state index in [9.17, 15) is 0 Å². The van der Waals surface area contributed by atoms with Crippen LogP contribution in [0.25, 0.3) is 0 Å². The number of hydrogen-bond donors (Lipinski definition) is 0. The van der Waals surface area contributed by atoms with Crippen molar-refractivity contribution in [3.8, 4) is 0 Å². The zero-order valence-corrected chi connectivity index (χ0v) is 16.5. The molecule has 2 heteroatoms. The second kappa shape index (κ2) is 11.7. The van der Waals surface area contributed by atoms with Crippen LogP contribution in [0.1, 0.15) is 117 Å². The third kappa shape index (κ3) is 7.10. The molecule has 0 saturated heterocycles. The summed E-state index contributed by atoms with van der Waals surface area (Å²) in [5, 5.41) is 0. The molecule has 1 rings (SSSR count). The second-order valence-corrected chi connectivity index (χ2v) is 7.52. The van der Waals surface area contributed by atoms with Gasteiger partial charge in [-0.3, -0.25) is 0 Å². The monoisotopic (exact) mass is 321 g/mol. The van der Waals surface area contributed by atoms with E-state index in [-0.39, 0.29) is 0 Å². The first-order valence-electron chi connectivity index (χ1n) is 10.2. The van der Waals surface area contributed by atoms with Gasteiger partial charge in [-0.1, -0.05) is 72.6 Å². The molecule has 0 amide bonds. The molecule has 23 heavy (non-hydrogen) atoms. The van der Waals surface area contributed by atoms with Crippen LogP contribution in [-0.2, 0) is 6.54 Å². The van der Waals surface area contributed by atoms with Gasteiger partial charge < -0.3 is 0 Å². The topological polar surface area (TPSA) is 8.81 Å². The van der Waals surface area contributed by atoms with Gasteiger partial charge in [0.1, 0.15) is 12.4 Å². The molecule has 1 aromatic heterocycles. The van der Waals surface area contributed by atoms with Gasteiger partial charge in [-0.05, 0) is 26.2 Å². The van der Waals surface area contributed by atoms with E-state index in [1.807, 2.05) is 0 Å². The van der Waals surface area contributed by atoms with E-state index in [0.29, 0.717) is 12.0 Å². The molecule has 2 nitrogen and oxygen atoms in total. The van der Waals surface area contributed by atoms with E-state index in [2.05, 4.69) is 56.1 Å². The molecular formula is C21H41N2+. The molecule has 0 fully saturated rings.